The molecule has 0 radical (unpaired) electrons. The summed E-state index contributed by atoms with van der Waals surface area (Å²) in [4.78, 5) is 35.1. The molecule has 0 aromatic heterocycles. The lowest BCUT2D eigenvalue weighted by Crippen LogP contribution is -2.36. The normalized spacial score (nSPS) is 32.7. The number of hydrogen-bond acceptors (Lipinski definition) is 6. The summed E-state index contributed by atoms with van der Waals surface area (Å²) in [5.74, 6) is -0.611. The smallest absolute Gasteiger partial charge is 0.314 e. The quantitative estimate of drug-likeness (QED) is 0.587. The number of rotatable bonds is 6. The average Bonchev–Trinajstić information content (AvgIpc) is 2.76. The molecular weight excluding hydrogens is 380 g/mol. The van der Waals surface area contributed by atoms with Gasteiger partial charge in [0.1, 0.15) is 0 Å². The summed E-state index contributed by atoms with van der Waals surface area (Å²) in [6, 6.07) is 0.224. The van der Waals surface area contributed by atoms with Gasteiger partial charge in [-0.2, -0.15) is 0 Å². The molecule has 0 spiro atoms. The molecule has 6 heteroatoms. The van der Waals surface area contributed by atoms with Crippen LogP contribution in [-0.2, 0) is 19.1 Å². The number of ether oxygens (including phenoxy) is 2. The van der Waals surface area contributed by atoms with Crippen molar-refractivity contribution in [3.05, 3.63) is 0 Å². The van der Waals surface area contributed by atoms with E-state index in [4.69, 9.17) is 19.5 Å². The van der Waals surface area contributed by atoms with Crippen LogP contribution in [-0.4, -0.2) is 48.7 Å². The molecule has 0 amide bonds. The Balaban J connectivity index is 1.79. The highest BCUT2D eigenvalue weighted by molar-refractivity contribution is 6.03. The van der Waals surface area contributed by atoms with Crippen molar-refractivity contribution in [3.63, 3.8) is 0 Å². The second kappa shape index (κ2) is 11.6. The van der Waals surface area contributed by atoms with Crippen LogP contribution in [0.5, 0.6) is 0 Å². The van der Waals surface area contributed by atoms with E-state index in [2.05, 4.69) is 0 Å². The summed E-state index contributed by atoms with van der Waals surface area (Å²) in [5.41, 5.74) is 2.03. The summed E-state index contributed by atoms with van der Waals surface area (Å²) in [6.07, 6.45) is 12.0. The monoisotopic (exact) mass is 418 g/mol. The first-order valence-electron chi connectivity index (χ1n) is 12.1. The van der Waals surface area contributed by atoms with Crippen molar-refractivity contribution in [3.8, 4) is 0 Å². The van der Waals surface area contributed by atoms with Crippen molar-refractivity contribution >= 4 is 23.4 Å². The van der Waals surface area contributed by atoms with Gasteiger partial charge in [0, 0.05) is 11.4 Å². The van der Waals surface area contributed by atoms with Crippen molar-refractivity contribution in [2.45, 2.75) is 103 Å². The summed E-state index contributed by atoms with van der Waals surface area (Å²) >= 11 is 0. The van der Waals surface area contributed by atoms with E-state index in [0.29, 0.717) is 13.2 Å². The maximum Gasteiger partial charge on any atom is 0.314 e. The van der Waals surface area contributed by atoms with Crippen molar-refractivity contribution in [1.82, 2.24) is 0 Å². The molecule has 0 N–H and O–H groups in total. The summed E-state index contributed by atoms with van der Waals surface area (Å²) in [7, 11) is 0. The molecule has 0 aliphatic heterocycles. The maximum absolute atomic E-state index is 12.4. The first-order chi connectivity index (χ1) is 14.6. The molecule has 0 aromatic rings. The average molecular weight is 419 g/mol. The number of carbonyl (C=O) groups is 2. The molecule has 3 aliphatic rings. The lowest BCUT2D eigenvalue weighted by atomic mass is 9.84. The largest absolute Gasteiger partial charge is 0.465 e. The molecule has 3 aliphatic carbocycles. The highest BCUT2D eigenvalue weighted by Gasteiger charge is 2.34. The molecule has 30 heavy (non-hydrogen) atoms. The Morgan fingerprint density at radius 1 is 0.700 bits per heavy atom. The Bertz CT molecular complexity index is 602. The molecule has 6 nitrogen and oxygen atoms in total. The molecule has 4 atom stereocenters. The van der Waals surface area contributed by atoms with Crippen molar-refractivity contribution in [2.75, 3.05) is 13.2 Å². The van der Waals surface area contributed by atoms with Gasteiger partial charge < -0.3 is 9.47 Å². The predicted molar refractivity (Wildman–Crippen MR) is 118 cm³/mol. The van der Waals surface area contributed by atoms with E-state index in [1.54, 1.807) is 0 Å². The van der Waals surface area contributed by atoms with Gasteiger partial charge >= 0.3 is 11.9 Å². The fourth-order valence-electron chi connectivity index (χ4n) is 5.11. The van der Waals surface area contributed by atoms with Crippen LogP contribution in [0.2, 0.25) is 0 Å². The molecule has 0 aromatic carbocycles. The van der Waals surface area contributed by atoms with Gasteiger partial charge in [0.05, 0.1) is 37.1 Å². The van der Waals surface area contributed by atoms with E-state index in [9.17, 15) is 9.59 Å². The van der Waals surface area contributed by atoms with E-state index in [1.807, 2.05) is 13.8 Å². The van der Waals surface area contributed by atoms with Gasteiger partial charge in [0.25, 0.3) is 0 Å². The first-order valence-corrected chi connectivity index (χ1v) is 12.1. The zero-order valence-corrected chi connectivity index (χ0v) is 18.7. The molecule has 3 fully saturated rings. The molecule has 0 unspecified atom stereocenters. The second-order valence-electron chi connectivity index (χ2n) is 8.76. The Labute approximate surface area is 180 Å². The number of esters is 2. The van der Waals surface area contributed by atoms with E-state index < -0.39 is 0 Å². The third kappa shape index (κ3) is 5.92. The topological polar surface area (TPSA) is 77.3 Å². The molecule has 0 saturated heterocycles. The summed E-state index contributed by atoms with van der Waals surface area (Å²) < 4.78 is 10.6. The minimum atomic E-state index is -0.184. The second-order valence-corrected chi connectivity index (χ2v) is 8.76. The fourth-order valence-corrected chi connectivity index (χ4v) is 5.11. The van der Waals surface area contributed by atoms with E-state index >= 15 is 0 Å². The lowest BCUT2D eigenvalue weighted by molar-refractivity contribution is -0.146. The molecular formula is C24H38N2O4. The third-order valence-corrected chi connectivity index (χ3v) is 6.66. The number of aliphatic imine (C=N–C) groups is 2. The fraction of sp³-hybridized carbons (Fsp3) is 0.833. The molecule has 3 rings (SSSR count). The van der Waals surface area contributed by atoms with Crippen LogP contribution in [0.3, 0.4) is 0 Å². The van der Waals surface area contributed by atoms with E-state index in [0.717, 1.165) is 88.5 Å². The van der Waals surface area contributed by atoms with Crippen LogP contribution >= 0.6 is 0 Å². The maximum atomic E-state index is 12.4. The molecule has 0 bridgehead atoms. The minimum Gasteiger partial charge on any atom is -0.465 e. The Hall–Kier alpha value is -1.72. The number of nitrogens with zero attached hydrogens (tertiary/aromatic N) is 2. The molecule has 3 saturated carbocycles. The van der Waals surface area contributed by atoms with Crippen molar-refractivity contribution in [1.29, 1.82) is 0 Å². The van der Waals surface area contributed by atoms with Crippen molar-refractivity contribution < 1.29 is 19.1 Å². The summed E-state index contributed by atoms with van der Waals surface area (Å²) in [5, 5.41) is 0. The van der Waals surface area contributed by atoms with Crippen LogP contribution in [0.4, 0.5) is 0 Å². The zero-order chi connectivity index (χ0) is 21.3. The standard InChI is InChI=1S/C24H38N2O4/c1-3-29-23(27)17-11-5-7-13-19(17)25-21-15-9-10-16-22(21)26-20-14-8-6-12-18(20)24(28)30-4-2/h17-18,21-22H,3-16H2,1-2H3/t17-,18-,21+,22+/m0/s1. The van der Waals surface area contributed by atoms with Crippen LogP contribution in [0.1, 0.15) is 90.9 Å². The van der Waals surface area contributed by atoms with Crippen LogP contribution in [0.15, 0.2) is 9.98 Å². The van der Waals surface area contributed by atoms with Gasteiger partial charge in [-0.25, -0.2) is 0 Å². The highest BCUT2D eigenvalue weighted by Crippen LogP contribution is 2.31. The predicted octanol–water partition coefficient (Wildman–Crippen LogP) is 4.69. The summed E-state index contributed by atoms with van der Waals surface area (Å²) in [6.45, 7) is 4.54. The first kappa shape index (κ1) is 23.0. The van der Waals surface area contributed by atoms with Gasteiger partial charge in [0.15, 0.2) is 0 Å². The van der Waals surface area contributed by atoms with Gasteiger partial charge in [-0.3, -0.25) is 19.6 Å². The van der Waals surface area contributed by atoms with Crippen LogP contribution < -0.4 is 0 Å². The zero-order valence-electron chi connectivity index (χ0n) is 18.7. The lowest BCUT2D eigenvalue weighted by Gasteiger charge is -2.31. The van der Waals surface area contributed by atoms with Crippen LogP contribution in [0, 0.1) is 11.8 Å². The van der Waals surface area contributed by atoms with E-state index in [-0.39, 0.29) is 35.9 Å². The Kier molecular flexibility index (Phi) is 8.88. The minimum absolute atomic E-state index is 0.112. The van der Waals surface area contributed by atoms with Gasteiger partial charge in [-0.15, -0.1) is 0 Å². The number of hydrogen-bond donors (Lipinski definition) is 0. The molecule has 168 valence electrons. The van der Waals surface area contributed by atoms with Gasteiger partial charge in [-0.05, 0) is 65.2 Å². The third-order valence-electron chi connectivity index (χ3n) is 6.66. The Morgan fingerprint density at radius 3 is 1.50 bits per heavy atom. The highest BCUT2D eigenvalue weighted by atomic mass is 16.5. The molecule has 0 heterocycles. The van der Waals surface area contributed by atoms with Crippen molar-refractivity contribution in [2.24, 2.45) is 21.8 Å². The van der Waals surface area contributed by atoms with Crippen LogP contribution in [0.25, 0.3) is 0 Å². The van der Waals surface area contributed by atoms with Gasteiger partial charge in [0.2, 0.25) is 0 Å². The van der Waals surface area contributed by atoms with E-state index in [1.165, 1.54) is 0 Å². The van der Waals surface area contributed by atoms with Gasteiger partial charge in [-0.1, -0.05) is 25.7 Å². The SMILES string of the molecule is CCOC(=O)[C@H]1CCCCC1=N[C@@H]1CCCC[C@H]1N=C1CCCC[C@@H]1C(=O)OCC. The Morgan fingerprint density at radius 2 is 1.10 bits per heavy atom. The number of carbonyl (C=O) groups excluding carboxylic acids is 2.